The van der Waals surface area contributed by atoms with E-state index in [1.54, 1.807) is 4.90 Å². The Morgan fingerprint density at radius 1 is 1.45 bits per heavy atom. The van der Waals surface area contributed by atoms with Gasteiger partial charge in [0.2, 0.25) is 5.91 Å². The minimum atomic E-state index is 0.309. The maximum atomic E-state index is 11.3. The molecule has 2 unspecified atom stereocenters. The van der Waals surface area contributed by atoms with E-state index in [0.29, 0.717) is 23.7 Å². The molecule has 1 rings (SSSR count). The molecule has 1 amide bonds. The summed E-state index contributed by atoms with van der Waals surface area (Å²) in [6, 6.07) is 0. The molecule has 0 N–H and O–H groups in total. The first-order chi connectivity index (χ1) is 5.04. The quantitative estimate of drug-likeness (QED) is 0.589. The Balaban J connectivity index is 2.38. The van der Waals surface area contributed by atoms with E-state index < -0.39 is 0 Å². The van der Waals surface area contributed by atoms with Crippen molar-refractivity contribution in [3.8, 4) is 0 Å². The van der Waals surface area contributed by atoms with Gasteiger partial charge < -0.3 is 4.90 Å². The van der Waals surface area contributed by atoms with Crippen LogP contribution in [0.15, 0.2) is 0 Å². The van der Waals surface area contributed by atoms with E-state index in [1.165, 1.54) is 0 Å². The molecule has 0 aromatic carbocycles. The van der Waals surface area contributed by atoms with Gasteiger partial charge >= 0.3 is 0 Å². The maximum absolute atomic E-state index is 11.3. The largest absolute Gasteiger partial charge is 0.349 e. The smallest absolute Gasteiger partial charge is 0.225 e. The topological polar surface area (TPSA) is 20.3 Å². The van der Waals surface area contributed by atoms with Crippen LogP contribution in [-0.2, 0) is 4.79 Å². The van der Waals surface area contributed by atoms with Gasteiger partial charge in [-0.1, -0.05) is 13.8 Å². The summed E-state index contributed by atoms with van der Waals surface area (Å²) in [6.07, 6.45) is 1.11. The Hall–Kier alpha value is -0.530. The van der Waals surface area contributed by atoms with Gasteiger partial charge in [0, 0.05) is 20.0 Å². The number of rotatable bonds is 2. The minimum absolute atomic E-state index is 0.309. The molecule has 1 aliphatic rings. The summed E-state index contributed by atoms with van der Waals surface area (Å²) < 4.78 is 0. The molecule has 0 bridgehead atoms. The van der Waals surface area contributed by atoms with Crippen LogP contribution >= 0.6 is 0 Å². The van der Waals surface area contributed by atoms with Crippen LogP contribution in [0.3, 0.4) is 0 Å². The highest BCUT2D eigenvalue weighted by Gasteiger charge is 2.44. The Bertz CT molecular complexity index is 163. The van der Waals surface area contributed by atoms with Gasteiger partial charge in [0.25, 0.3) is 0 Å². The van der Waals surface area contributed by atoms with E-state index in [2.05, 4.69) is 13.8 Å². The number of carbonyl (C=O) groups excluding carboxylic acids is 1. The van der Waals surface area contributed by atoms with Crippen molar-refractivity contribution in [2.24, 2.45) is 17.8 Å². The van der Waals surface area contributed by atoms with Crippen LogP contribution in [0.4, 0.5) is 0 Å². The van der Waals surface area contributed by atoms with Crippen LogP contribution in [0.1, 0.15) is 20.3 Å². The van der Waals surface area contributed by atoms with Crippen molar-refractivity contribution in [2.75, 3.05) is 14.1 Å². The van der Waals surface area contributed by atoms with Crippen LogP contribution in [0, 0.1) is 17.8 Å². The summed E-state index contributed by atoms with van der Waals surface area (Å²) in [7, 11) is 3.66. The highest BCUT2D eigenvalue weighted by atomic mass is 16.2. The van der Waals surface area contributed by atoms with E-state index in [0.717, 1.165) is 6.42 Å². The van der Waals surface area contributed by atoms with E-state index >= 15 is 0 Å². The van der Waals surface area contributed by atoms with Gasteiger partial charge in [0.1, 0.15) is 0 Å². The van der Waals surface area contributed by atoms with Crippen LogP contribution < -0.4 is 0 Å². The van der Waals surface area contributed by atoms with E-state index in [1.807, 2.05) is 14.1 Å². The molecule has 1 saturated carbocycles. The fourth-order valence-corrected chi connectivity index (χ4v) is 1.57. The third kappa shape index (κ3) is 1.73. The molecule has 0 heterocycles. The third-order valence-electron chi connectivity index (χ3n) is 2.45. The van der Waals surface area contributed by atoms with Crippen molar-refractivity contribution >= 4 is 5.91 Å². The fraction of sp³-hybridized carbons (Fsp3) is 0.889. The molecule has 1 aliphatic carbocycles. The molecule has 2 heteroatoms. The van der Waals surface area contributed by atoms with Crippen molar-refractivity contribution < 1.29 is 4.79 Å². The second kappa shape index (κ2) is 2.84. The number of carbonyl (C=O) groups is 1. The zero-order valence-corrected chi connectivity index (χ0v) is 7.79. The molecule has 2 atom stereocenters. The number of nitrogens with zero attached hydrogens (tertiary/aromatic N) is 1. The predicted octanol–water partition coefficient (Wildman–Crippen LogP) is 1.37. The van der Waals surface area contributed by atoms with E-state index in [-0.39, 0.29) is 0 Å². The molecule has 64 valence electrons. The molecule has 11 heavy (non-hydrogen) atoms. The summed E-state index contributed by atoms with van der Waals surface area (Å²) in [5, 5.41) is 0. The lowest BCUT2D eigenvalue weighted by atomic mass is 10.1. The second-order valence-corrected chi connectivity index (χ2v) is 3.98. The average Bonchev–Trinajstić information content (AvgIpc) is 2.63. The van der Waals surface area contributed by atoms with Crippen molar-refractivity contribution in [3.63, 3.8) is 0 Å². The Labute approximate surface area is 68.6 Å². The SMILES string of the molecule is CC(C)C1CC1C(=O)N(C)C. The Morgan fingerprint density at radius 2 is 2.00 bits per heavy atom. The van der Waals surface area contributed by atoms with Gasteiger partial charge in [-0.25, -0.2) is 0 Å². The maximum Gasteiger partial charge on any atom is 0.225 e. The third-order valence-corrected chi connectivity index (χ3v) is 2.45. The molecule has 2 nitrogen and oxygen atoms in total. The minimum Gasteiger partial charge on any atom is -0.349 e. The average molecular weight is 155 g/mol. The van der Waals surface area contributed by atoms with Crippen molar-refractivity contribution in [1.29, 1.82) is 0 Å². The summed E-state index contributed by atoms with van der Waals surface area (Å²) in [4.78, 5) is 13.0. The standard InChI is InChI=1S/C9H17NO/c1-6(2)7-5-8(7)9(11)10(3)4/h6-8H,5H2,1-4H3. The normalized spacial score (nSPS) is 28.8. The summed E-state index contributed by atoms with van der Waals surface area (Å²) in [5.74, 6) is 1.97. The van der Waals surface area contributed by atoms with Gasteiger partial charge in [0.05, 0.1) is 0 Å². The second-order valence-electron chi connectivity index (χ2n) is 3.98. The summed E-state index contributed by atoms with van der Waals surface area (Å²) in [5.41, 5.74) is 0. The molecular weight excluding hydrogens is 138 g/mol. The molecule has 0 radical (unpaired) electrons. The number of hydrogen-bond acceptors (Lipinski definition) is 1. The van der Waals surface area contributed by atoms with Gasteiger partial charge in [0.15, 0.2) is 0 Å². The van der Waals surface area contributed by atoms with Crippen molar-refractivity contribution in [1.82, 2.24) is 4.90 Å². The zero-order valence-electron chi connectivity index (χ0n) is 7.79. The van der Waals surface area contributed by atoms with Crippen molar-refractivity contribution in [2.45, 2.75) is 20.3 Å². The van der Waals surface area contributed by atoms with Gasteiger partial charge in [-0.3, -0.25) is 4.79 Å². The summed E-state index contributed by atoms with van der Waals surface area (Å²) in [6.45, 7) is 4.38. The first kappa shape index (κ1) is 8.57. The first-order valence-corrected chi connectivity index (χ1v) is 4.25. The van der Waals surface area contributed by atoms with Crippen LogP contribution in [0.2, 0.25) is 0 Å². The number of hydrogen-bond donors (Lipinski definition) is 0. The van der Waals surface area contributed by atoms with Crippen LogP contribution in [0.25, 0.3) is 0 Å². The lowest BCUT2D eigenvalue weighted by Gasteiger charge is -2.10. The molecule has 0 aliphatic heterocycles. The highest BCUT2D eigenvalue weighted by Crippen LogP contribution is 2.44. The lowest BCUT2D eigenvalue weighted by molar-refractivity contribution is -0.130. The Morgan fingerprint density at radius 3 is 2.27 bits per heavy atom. The predicted molar refractivity (Wildman–Crippen MR) is 45.1 cm³/mol. The molecule has 0 saturated heterocycles. The zero-order chi connectivity index (χ0) is 8.59. The summed E-state index contributed by atoms with van der Waals surface area (Å²) >= 11 is 0. The van der Waals surface area contributed by atoms with E-state index in [4.69, 9.17) is 0 Å². The molecule has 1 fully saturated rings. The molecular formula is C9H17NO. The van der Waals surface area contributed by atoms with Crippen molar-refractivity contribution in [3.05, 3.63) is 0 Å². The van der Waals surface area contributed by atoms with E-state index in [9.17, 15) is 4.79 Å². The van der Waals surface area contributed by atoms with Crippen LogP contribution in [0.5, 0.6) is 0 Å². The first-order valence-electron chi connectivity index (χ1n) is 4.25. The monoisotopic (exact) mass is 155 g/mol. The van der Waals surface area contributed by atoms with Gasteiger partial charge in [-0.15, -0.1) is 0 Å². The van der Waals surface area contributed by atoms with Crippen LogP contribution in [-0.4, -0.2) is 24.9 Å². The fourth-order valence-electron chi connectivity index (χ4n) is 1.57. The van der Waals surface area contributed by atoms with Gasteiger partial charge in [-0.2, -0.15) is 0 Å². The number of amides is 1. The molecule has 0 aromatic rings. The molecule has 0 aromatic heterocycles. The Kier molecular flexibility index (Phi) is 2.21. The van der Waals surface area contributed by atoms with Gasteiger partial charge in [-0.05, 0) is 18.3 Å². The molecule has 0 spiro atoms. The lowest BCUT2D eigenvalue weighted by Crippen LogP contribution is -2.24. The highest BCUT2D eigenvalue weighted by molar-refractivity contribution is 5.81.